The summed E-state index contributed by atoms with van der Waals surface area (Å²) in [6.45, 7) is 6.82. The molecule has 2 fully saturated rings. The Morgan fingerprint density at radius 3 is 2.55 bits per heavy atom. The number of ether oxygens (including phenoxy) is 2. The van der Waals surface area contributed by atoms with Crippen molar-refractivity contribution in [3.8, 4) is 11.5 Å². The zero-order valence-electron chi connectivity index (χ0n) is 17.7. The van der Waals surface area contributed by atoms with E-state index in [9.17, 15) is 4.79 Å². The monoisotopic (exact) mass is 394 g/mol. The lowest BCUT2D eigenvalue weighted by atomic mass is 9.89. The number of likely N-dealkylation sites (tertiary alicyclic amines) is 2. The van der Waals surface area contributed by atoms with E-state index in [0.29, 0.717) is 17.9 Å². The number of methoxy groups -OCH3 is 1. The fourth-order valence-electron chi connectivity index (χ4n) is 4.88. The summed E-state index contributed by atoms with van der Waals surface area (Å²) in [5, 5.41) is 0. The highest BCUT2D eigenvalue weighted by Crippen LogP contribution is 2.44. The van der Waals surface area contributed by atoms with Gasteiger partial charge in [0.15, 0.2) is 6.61 Å². The van der Waals surface area contributed by atoms with E-state index < -0.39 is 0 Å². The summed E-state index contributed by atoms with van der Waals surface area (Å²) in [6, 6.07) is 14.6. The Labute approximate surface area is 173 Å². The third-order valence-electron chi connectivity index (χ3n) is 6.61. The van der Waals surface area contributed by atoms with Gasteiger partial charge in [-0.1, -0.05) is 24.3 Å². The van der Waals surface area contributed by atoms with Crippen molar-refractivity contribution in [3.63, 3.8) is 0 Å². The molecule has 1 amide bonds. The zero-order valence-corrected chi connectivity index (χ0v) is 17.7. The first-order valence-electron chi connectivity index (χ1n) is 10.3. The van der Waals surface area contributed by atoms with Crippen LogP contribution in [0.5, 0.6) is 11.5 Å². The number of hydrogen-bond acceptors (Lipinski definition) is 4. The fourth-order valence-corrected chi connectivity index (χ4v) is 4.88. The number of carbonyl (C=O) groups excluding carboxylic acids is 1. The third kappa shape index (κ3) is 3.84. The second-order valence-electron chi connectivity index (χ2n) is 8.37. The van der Waals surface area contributed by atoms with E-state index >= 15 is 0 Å². The Kier molecular flexibility index (Phi) is 5.50. The van der Waals surface area contributed by atoms with Crippen LogP contribution in [-0.2, 0) is 4.79 Å². The van der Waals surface area contributed by atoms with Gasteiger partial charge in [0, 0.05) is 31.6 Å². The first-order valence-corrected chi connectivity index (χ1v) is 10.3. The van der Waals surface area contributed by atoms with Crippen LogP contribution in [0.15, 0.2) is 42.5 Å². The van der Waals surface area contributed by atoms with Crippen molar-refractivity contribution in [3.05, 3.63) is 59.2 Å². The second-order valence-corrected chi connectivity index (χ2v) is 8.37. The van der Waals surface area contributed by atoms with Gasteiger partial charge in [0.1, 0.15) is 11.5 Å². The predicted molar refractivity (Wildman–Crippen MR) is 113 cm³/mol. The molecular weight excluding hydrogens is 364 g/mol. The average Bonchev–Trinajstić information content (AvgIpc) is 3.25. The number of carbonyl (C=O) groups is 1. The molecule has 0 N–H and O–H groups in total. The molecule has 0 aliphatic carbocycles. The Morgan fingerprint density at radius 2 is 1.83 bits per heavy atom. The molecule has 0 aromatic heterocycles. The summed E-state index contributed by atoms with van der Waals surface area (Å²) in [4.78, 5) is 17.2. The Balaban J connectivity index is 1.41. The molecule has 0 unspecified atom stereocenters. The van der Waals surface area contributed by atoms with Crippen molar-refractivity contribution in [2.24, 2.45) is 11.8 Å². The normalized spacial score (nSPS) is 23.9. The molecule has 0 bridgehead atoms. The van der Waals surface area contributed by atoms with Gasteiger partial charge in [-0.25, -0.2) is 0 Å². The molecule has 3 atom stereocenters. The summed E-state index contributed by atoms with van der Waals surface area (Å²) in [5.41, 5.74) is 3.57. The van der Waals surface area contributed by atoms with Crippen LogP contribution in [-0.4, -0.2) is 56.1 Å². The van der Waals surface area contributed by atoms with Gasteiger partial charge in [0.05, 0.1) is 7.11 Å². The summed E-state index contributed by atoms with van der Waals surface area (Å²) in [7, 11) is 3.87. The van der Waals surface area contributed by atoms with E-state index in [-0.39, 0.29) is 12.5 Å². The van der Waals surface area contributed by atoms with Crippen LogP contribution in [0.4, 0.5) is 0 Å². The molecule has 2 heterocycles. The molecule has 2 aliphatic heterocycles. The lowest BCUT2D eigenvalue weighted by Crippen LogP contribution is -2.36. The standard InChI is InChI=1S/C24H30N2O3/c1-16-6-5-7-22(17(16)2)29-15-23(27)26-13-19-12-25(3)24(21(19)14-26)18-8-10-20(28-4)11-9-18/h5-11,19,21,24H,12-15H2,1-4H3/t19-,21+,24+/m0/s1. The maximum atomic E-state index is 12.8. The minimum absolute atomic E-state index is 0.0800. The van der Waals surface area contributed by atoms with Gasteiger partial charge in [0.2, 0.25) is 0 Å². The van der Waals surface area contributed by atoms with Crippen LogP contribution >= 0.6 is 0 Å². The van der Waals surface area contributed by atoms with E-state index in [1.165, 1.54) is 11.1 Å². The van der Waals surface area contributed by atoms with Crippen LogP contribution in [0.1, 0.15) is 22.7 Å². The highest BCUT2D eigenvalue weighted by Gasteiger charge is 2.47. The van der Waals surface area contributed by atoms with Crippen LogP contribution < -0.4 is 9.47 Å². The SMILES string of the molecule is COc1ccc([C@@H]2[C@@H]3CN(C(=O)COc4cccc(C)c4C)C[C@@H]3CN2C)cc1. The van der Waals surface area contributed by atoms with Crippen LogP contribution in [0.3, 0.4) is 0 Å². The van der Waals surface area contributed by atoms with E-state index in [1.54, 1.807) is 7.11 Å². The van der Waals surface area contributed by atoms with E-state index in [0.717, 1.165) is 36.7 Å². The molecule has 0 radical (unpaired) electrons. The lowest BCUT2D eigenvalue weighted by molar-refractivity contribution is -0.132. The van der Waals surface area contributed by atoms with Crippen molar-refractivity contribution < 1.29 is 14.3 Å². The number of amides is 1. The quantitative estimate of drug-likeness (QED) is 0.779. The summed E-state index contributed by atoms with van der Waals surface area (Å²) in [6.07, 6.45) is 0. The van der Waals surface area contributed by atoms with Gasteiger partial charge in [-0.15, -0.1) is 0 Å². The molecule has 0 spiro atoms. The molecule has 154 valence electrons. The molecule has 5 nitrogen and oxygen atoms in total. The highest BCUT2D eigenvalue weighted by atomic mass is 16.5. The molecule has 0 saturated carbocycles. The number of fused-ring (bicyclic) bond motifs is 1. The van der Waals surface area contributed by atoms with Crippen LogP contribution in [0, 0.1) is 25.7 Å². The number of aryl methyl sites for hydroxylation is 1. The van der Waals surface area contributed by atoms with Gasteiger partial charge < -0.3 is 14.4 Å². The van der Waals surface area contributed by atoms with E-state index in [2.05, 4.69) is 37.1 Å². The molecule has 29 heavy (non-hydrogen) atoms. The minimum atomic E-state index is 0.0800. The van der Waals surface area contributed by atoms with E-state index in [4.69, 9.17) is 9.47 Å². The van der Waals surface area contributed by atoms with E-state index in [1.807, 2.05) is 36.1 Å². The van der Waals surface area contributed by atoms with Gasteiger partial charge in [-0.3, -0.25) is 9.69 Å². The Bertz CT molecular complexity index is 880. The van der Waals surface area contributed by atoms with Crippen LogP contribution in [0.2, 0.25) is 0 Å². The molecule has 2 aromatic carbocycles. The predicted octanol–water partition coefficient (Wildman–Crippen LogP) is 3.45. The summed E-state index contributed by atoms with van der Waals surface area (Å²) < 4.78 is 11.1. The Morgan fingerprint density at radius 1 is 1.07 bits per heavy atom. The second kappa shape index (κ2) is 8.07. The Hall–Kier alpha value is -2.53. The average molecular weight is 395 g/mol. The van der Waals surface area contributed by atoms with Gasteiger partial charge >= 0.3 is 0 Å². The third-order valence-corrected chi connectivity index (χ3v) is 6.61. The van der Waals surface area contributed by atoms with Crippen molar-refractivity contribution in [2.75, 3.05) is 40.4 Å². The van der Waals surface area contributed by atoms with Crippen molar-refractivity contribution >= 4 is 5.91 Å². The molecule has 2 aliphatic rings. The zero-order chi connectivity index (χ0) is 20.5. The maximum absolute atomic E-state index is 12.8. The minimum Gasteiger partial charge on any atom is -0.497 e. The van der Waals surface area contributed by atoms with Crippen molar-refractivity contribution in [1.82, 2.24) is 9.80 Å². The van der Waals surface area contributed by atoms with Crippen molar-refractivity contribution in [2.45, 2.75) is 19.9 Å². The molecule has 4 rings (SSSR count). The first-order chi connectivity index (χ1) is 14.0. The largest absolute Gasteiger partial charge is 0.497 e. The first kappa shape index (κ1) is 19.8. The van der Waals surface area contributed by atoms with Crippen LogP contribution in [0.25, 0.3) is 0 Å². The topological polar surface area (TPSA) is 42.0 Å². The summed E-state index contributed by atoms with van der Waals surface area (Å²) >= 11 is 0. The molecule has 2 saturated heterocycles. The number of nitrogens with zero attached hydrogens (tertiary/aromatic N) is 2. The number of rotatable bonds is 5. The summed E-state index contributed by atoms with van der Waals surface area (Å²) in [5.74, 6) is 2.72. The maximum Gasteiger partial charge on any atom is 0.260 e. The van der Waals surface area contributed by atoms with Gasteiger partial charge in [0.25, 0.3) is 5.91 Å². The fraction of sp³-hybridized carbons (Fsp3) is 0.458. The number of benzene rings is 2. The van der Waals surface area contributed by atoms with Gasteiger partial charge in [-0.2, -0.15) is 0 Å². The van der Waals surface area contributed by atoms with Crippen molar-refractivity contribution in [1.29, 1.82) is 0 Å². The number of hydrogen-bond donors (Lipinski definition) is 0. The van der Waals surface area contributed by atoms with Gasteiger partial charge in [-0.05, 0) is 61.7 Å². The molecule has 5 heteroatoms. The lowest BCUT2D eigenvalue weighted by Gasteiger charge is -2.27. The molecular formula is C24H30N2O3. The highest BCUT2D eigenvalue weighted by molar-refractivity contribution is 5.78. The molecule has 2 aromatic rings. The smallest absolute Gasteiger partial charge is 0.260 e.